The monoisotopic (exact) mass is 371 g/mol. The van der Waals surface area contributed by atoms with Crippen LogP contribution in [0.1, 0.15) is 25.5 Å². The predicted molar refractivity (Wildman–Crippen MR) is 92.3 cm³/mol. The second-order valence-electron chi connectivity index (χ2n) is 5.63. The van der Waals surface area contributed by atoms with Crippen molar-refractivity contribution in [2.24, 2.45) is 10.9 Å². The first-order valence-electron chi connectivity index (χ1n) is 8.00. The molecule has 1 aromatic rings. The van der Waals surface area contributed by atoms with E-state index in [0.29, 0.717) is 6.54 Å². The Balaban J connectivity index is 1.71. The third kappa shape index (κ3) is 6.40. The second-order valence-corrected chi connectivity index (χ2v) is 6.41. The van der Waals surface area contributed by atoms with Gasteiger partial charge in [-0.3, -0.25) is 4.99 Å². The third-order valence-electron chi connectivity index (χ3n) is 3.57. The molecule has 0 atom stereocenters. The Labute approximate surface area is 141 Å². The van der Waals surface area contributed by atoms with Gasteiger partial charge in [-0.05, 0) is 53.7 Å². The van der Waals surface area contributed by atoms with Crippen LogP contribution in [-0.4, -0.2) is 50.8 Å². The summed E-state index contributed by atoms with van der Waals surface area (Å²) in [6.45, 7) is 6.16. The van der Waals surface area contributed by atoms with Gasteiger partial charge in [0.1, 0.15) is 5.76 Å². The molecule has 5 nitrogen and oxygen atoms in total. The summed E-state index contributed by atoms with van der Waals surface area (Å²) in [6.07, 6.45) is 3.47. The van der Waals surface area contributed by atoms with Crippen molar-refractivity contribution in [3.8, 4) is 0 Å². The van der Waals surface area contributed by atoms with Gasteiger partial charge >= 0.3 is 0 Å². The highest BCUT2D eigenvalue weighted by Gasteiger charge is 2.21. The highest BCUT2D eigenvalue weighted by Crippen LogP contribution is 2.28. The van der Waals surface area contributed by atoms with Gasteiger partial charge in [-0.25, -0.2) is 0 Å². The van der Waals surface area contributed by atoms with Crippen LogP contribution in [0, 0.1) is 5.92 Å². The lowest BCUT2D eigenvalue weighted by atomic mass is 10.3. The number of nitrogens with one attached hydrogen (secondary N) is 1. The van der Waals surface area contributed by atoms with Gasteiger partial charge in [0.25, 0.3) is 0 Å². The number of aliphatic imine (C=N–C) groups is 1. The first-order chi connectivity index (χ1) is 10.7. The summed E-state index contributed by atoms with van der Waals surface area (Å²) < 4.78 is 11.9. The Morgan fingerprint density at radius 3 is 2.95 bits per heavy atom. The SMILES string of the molecule is CCNC(=NCCc1ccc(Br)o1)N(C)CCOCC1CC1. The lowest BCUT2D eigenvalue weighted by Crippen LogP contribution is -2.40. The summed E-state index contributed by atoms with van der Waals surface area (Å²) in [5.74, 6) is 2.69. The molecule has 1 aliphatic rings. The van der Waals surface area contributed by atoms with E-state index in [1.165, 1.54) is 12.8 Å². The number of likely N-dealkylation sites (N-methyl/N-ethyl adjacent to an activating group) is 1. The van der Waals surface area contributed by atoms with Crippen molar-refractivity contribution in [1.29, 1.82) is 0 Å². The number of furan rings is 1. The molecule has 1 aliphatic carbocycles. The maximum Gasteiger partial charge on any atom is 0.193 e. The Morgan fingerprint density at radius 1 is 1.50 bits per heavy atom. The summed E-state index contributed by atoms with van der Waals surface area (Å²) in [6, 6.07) is 3.88. The predicted octanol–water partition coefficient (Wildman–Crippen LogP) is 2.91. The van der Waals surface area contributed by atoms with Gasteiger partial charge < -0.3 is 19.4 Å². The van der Waals surface area contributed by atoms with E-state index in [1.54, 1.807) is 0 Å². The van der Waals surface area contributed by atoms with Crippen LogP contribution >= 0.6 is 15.9 Å². The van der Waals surface area contributed by atoms with Gasteiger partial charge in [0.2, 0.25) is 0 Å². The standard InChI is InChI=1S/C16H26BrN3O2/c1-3-18-16(19-9-8-14-6-7-15(17)22-14)20(2)10-11-21-12-13-4-5-13/h6-7,13H,3-5,8-12H2,1-2H3,(H,18,19). The summed E-state index contributed by atoms with van der Waals surface area (Å²) in [5, 5.41) is 3.32. The maximum absolute atomic E-state index is 5.69. The molecule has 0 spiro atoms. The topological polar surface area (TPSA) is 50.0 Å². The quantitative estimate of drug-likeness (QED) is 0.411. The van der Waals surface area contributed by atoms with Crippen LogP contribution in [0.5, 0.6) is 0 Å². The minimum absolute atomic E-state index is 0.704. The minimum atomic E-state index is 0.704. The normalized spacial score (nSPS) is 15.1. The van der Waals surface area contributed by atoms with E-state index in [0.717, 1.165) is 55.0 Å². The number of ether oxygens (including phenoxy) is 1. The van der Waals surface area contributed by atoms with E-state index in [-0.39, 0.29) is 0 Å². The van der Waals surface area contributed by atoms with Gasteiger partial charge in [0.05, 0.1) is 6.61 Å². The largest absolute Gasteiger partial charge is 0.454 e. The molecule has 1 fully saturated rings. The zero-order valence-electron chi connectivity index (χ0n) is 13.5. The van der Waals surface area contributed by atoms with Crippen molar-refractivity contribution in [3.63, 3.8) is 0 Å². The van der Waals surface area contributed by atoms with E-state index < -0.39 is 0 Å². The van der Waals surface area contributed by atoms with Gasteiger partial charge in [0, 0.05) is 39.7 Å². The zero-order chi connectivity index (χ0) is 15.8. The highest BCUT2D eigenvalue weighted by molar-refractivity contribution is 9.10. The Bertz CT molecular complexity index is 472. The number of halogens is 1. The lowest BCUT2D eigenvalue weighted by Gasteiger charge is -2.22. The summed E-state index contributed by atoms with van der Waals surface area (Å²) in [4.78, 5) is 6.76. The summed E-state index contributed by atoms with van der Waals surface area (Å²) in [5.41, 5.74) is 0. The van der Waals surface area contributed by atoms with Gasteiger partial charge in [-0.2, -0.15) is 0 Å². The second kappa shape index (κ2) is 9.20. The van der Waals surface area contributed by atoms with E-state index in [1.807, 2.05) is 19.2 Å². The van der Waals surface area contributed by atoms with Crippen LogP contribution in [-0.2, 0) is 11.2 Å². The highest BCUT2D eigenvalue weighted by atomic mass is 79.9. The molecule has 1 aromatic heterocycles. The van der Waals surface area contributed by atoms with E-state index in [9.17, 15) is 0 Å². The average Bonchev–Trinajstić information content (AvgIpc) is 3.24. The molecule has 1 saturated carbocycles. The fourth-order valence-corrected chi connectivity index (χ4v) is 2.41. The van der Waals surface area contributed by atoms with E-state index in [2.05, 4.69) is 38.1 Å². The number of guanidine groups is 1. The smallest absolute Gasteiger partial charge is 0.193 e. The molecule has 0 unspecified atom stereocenters. The minimum Gasteiger partial charge on any atom is -0.454 e. The van der Waals surface area contributed by atoms with Gasteiger partial charge in [-0.1, -0.05) is 0 Å². The van der Waals surface area contributed by atoms with Crippen molar-refractivity contribution < 1.29 is 9.15 Å². The molecule has 1 N–H and O–H groups in total. The van der Waals surface area contributed by atoms with Crippen LogP contribution in [0.2, 0.25) is 0 Å². The Kier molecular flexibility index (Phi) is 7.25. The Hall–Kier alpha value is -1.01. The summed E-state index contributed by atoms with van der Waals surface area (Å²) in [7, 11) is 2.05. The molecule has 124 valence electrons. The molecule has 0 amide bonds. The van der Waals surface area contributed by atoms with Crippen LogP contribution in [0.25, 0.3) is 0 Å². The molecule has 0 radical (unpaired) electrons. The zero-order valence-corrected chi connectivity index (χ0v) is 15.1. The molecule has 2 rings (SSSR count). The molecule has 1 heterocycles. The number of rotatable bonds is 9. The summed E-state index contributed by atoms with van der Waals surface area (Å²) >= 11 is 3.31. The van der Waals surface area contributed by atoms with Crippen molar-refractivity contribution in [2.45, 2.75) is 26.2 Å². The molecular formula is C16H26BrN3O2. The van der Waals surface area contributed by atoms with Gasteiger partial charge in [0.15, 0.2) is 10.6 Å². The molecule has 6 heteroatoms. The van der Waals surface area contributed by atoms with Crippen LogP contribution < -0.4 is 5.32 Å². The molecule has 0 bridgehead atoms. The number of hydrogen-bond donors (Lipinski definition) is 1. The molecule has 0 saturated heterocycles. The lowest BCUT2D eigenvalue weighted by molar-refractivity contribution is 0.115. The van der Waals surface area contributed by atoms with E-state index >= 15 is 0 Å². The maximum atomic E-state index is 5.69. The first-order valence-corrected chi connectivity index (χ1v) is 8.79. The van der Waals surface area contributed by atoms with Gasteiger partial charge in [-0.15, -0.1) is 0 Å². The number of hydrogen-bond acceptors (Lipinski definition) is 3. The molecule has 0 aliphatic heterocycles. The van der Waals surface area contributed by atoms with Crippen LogP contribution in [0.4, 0.5) is 0 Å². The van der Waals surface area contributed by atoms with Crippen molar-refractivity contribution in [1.82, 2.24) is 10.2 Å². The fourth-order valence-electron chi connectivity index (χ4n) is 2.07. The molecule has 22 heavy (non-hydrogen) atoms. The average molecular weight is 372 g/mol. The first kappa shape index (κ1) is 17.3. The van der Waals surface area contributed by atoms with Crippen molar-refractivity contribution >= 4 is 21.9 Å². The fraction of sp³-hybridized carbons (Fsp3) is 0.688. The van der Waals surface area contributed by atoms with Crippen LogP contribution in [0.15, 0.2) is 26.2 Å². The van der Waals surface area contributed by atoms with E-state index in [4.69, 9.17) is 9.15 Å². The third-order valence-corrected chi connectivity index (χ3v) is 3.99. The molecular weight excluding hydrogens is 346 g/mol. The van der Waals surface area contributed by atoms with Crippen molar-refractivity contribution in [2.75, 3.05) is 39.9 Å². The van der Waals surface area contributed by atoms with Crippen LogP contribution in [0.3, 0.4) is 0 Å². The number of nitrogens with zero attached hydrogens (tertiary/aromatic N) is 2. The van der Waals surface area contributed by atoms with Crippen molar-refractivity contribution in [3.05, 3.63) is 22.6 Å². The molecule has 0 aromatic carbocycles. The Morgan fingerprint density at radius 2 is 2.32 bits per heavy atom.